The molecule has 0 N–H and O–H groups in total. The van der Waals surface area contributed by atoms with Gasteiger partial charge in [-0.2, -0.15) is 0 Å². The zero-order chi connectivity index (χ0) is 22.9. The van der Waals surface area contributed by atoms with Crippen molar-refractivity contribution in [3.05, 3.63) is 14.9 Å². The Labute approximate surface area is 233 Å². The van der Waals surface area contributed by atoms with E-state index < -0.39 is 28.9 Å². The second kappa shape index (κ2) is 14.1. The number of rotatable bonds is 5. The van der Waals surface area contributed by atoms with Crippen molar-refractivity contribution in [1.82, 2.24) is 4.90 Å². The van der Waals surface area contributed by atoms with Gasteiger partial charge in [0.05, 0.1) is 8.07 Å². The SMILES string of the molecule is CCCCN1C2CCC(C)CC2C2C1C1CCCCC1C2[Si](C)(C)C1CCCC1.[CH3-].[CH3-].[Cl][Zr+2][Cl]. The zero-order valence-corrected chi connectivity index (χ0v) is 28.3. The Hall–Kier alpha value is 1.64. The van der Waals surface area contributed by atoms with E-state index in [9.17, 15) is 0 Å². The van der Waals surface area contributed by atoms with Crippen LogP contribution in [0, 0.1) is 44.4 Å². The minimum absolute atomic E-state index is 0. The molecule has 0 radical (unpaired) electrons. The summed E-state index contributed by atoms with van der Waals surface area (Å²) in [6.07, 6.45) is 19.9. The molecule has 4 saturated carbocycles. The van der Waals surface area contributed by atoms with Crippen LogP contribution < -0.4 is 0 Å². The van der Waals surface area contributed by atoms with Crippen LogP contribution in [-0.4, -0.2) is 31.6 Å². The van der Waals surface area contributed by atoms with Crippen molar-refractivity contribution in [2.45, 2.75) is 134 Å². The first kappa shape index (κ1) is 31.9. The van der Waals surface area contributed by atoms with Crippen molar-refractivity contribution in [3.8, 4) is 0 Å². The summed E-state index contributed by atoms with van der Waals surface area (Å²) in [5, 5.41) is 0. The van der Waals surface area contributed by atoms with Crippen LogP contribution in [0.2, 0.25) is 24.2 Å². The standard InChI is InChI=1S/C27H49NSi.2CH3.2ClH.Zr/c1-5-6-17-28-24-16-15-19(2)18-23(24)25-26(28)21-13-9-10-14-22(21)27(25)29(3,4)20-11-7-8-12-20;;;;;/h19-27H,5-18H2,1-4H3;2*1H3;2*1H;/q;2*-1;;;+4/p-2. The van der Waals surface area contributed by atoms with E-state index >= 15 is 0 Å². The van der Waals surface area contributed by atoms with Gasteiger partial charge >= 0.3 is 37.9 Å². The Balaban J connectivity index is 0.000000778. The molecule has 1 aliphatic heterocycles. The molecule has 0 aromatic heterocycles. The first-order chi connectivity index (χ1) is 15.5. The third-order valence-corrected chi connectivity index (χ3v) is 16.3. The van der Waals surface area contributed by atoms with Crippen molar-refractivity contribution < 1.29 is 20.8 Å². The molecule has 5 heteroatoms. The van der Waals surface area contributed by atoms with Gasteiger partial charge in [0.2, 0.25) is 0 Å². The van der Waals surface area contributed by atoms with Gasteiger partial charge in [0.25, 0.3) is 0 Å². The molecule has 0 aromatic rings. The van der Waals surface area contributed by atoms with E-state index in [1.807, 2.05) is 0 Å². The summed E-state index contributed by atoms with van der Waals surface area (Å²) in [6.45, 7) is 12.2. The summed E-state index contributed by atoms with van der Waals surface area (Å²) >= 11 is -0.826. The molecule has 34 heavy (non-hydrogen) atoms. The van der Waals surface area contributed by atoms with E-state index in [0.29, 0.717) is 0 Å². The van der Waals surface area contributed by atoms with Crippen LogP contribution in [0.25, 0.3) is 0 Å². The molecular formula is C29H55Cl2NSiZr. The van der Waals surface area contributed by atoms with Crippen LogP contribution >= 0.6 is 17.0 Å². The third kappa shape index (κ3) is 6.10. The molecule has 8 atom stereocenters. The molecule has 1 saturated heterocycles. The van der Waals surface area contributed by atoms with Crippen LogP contribution in [0.3, 0.4) is 0 Å². The van der Waals surface area contributed by atoms with Gasteiger partial charge in [-0.1, -0.05) is 78.3 Å². The van der Waals surface area contributed by atoms with Gasteiger partial charge in [0.15, 0.2) is 0 Å². The van der Waals surface area contributed by atoms with Gasteiger partial charge in [0, 0.05) is 12.1 Å². The summed E-state index contributed by atoms with van der Waals surface area (Å²) in [5.41, 5.74) is 2.31. The van der Waals surface area contributed by atoms with E-state index in [0.717, 1.165) is 52.8 Å². The molecule has 5 fully saturated rings. The Kier molecular flexibility index (Phi) is 13.3. The van der Waals surface area contributed by atoms with Crippen molar-refractivity contribution in [3.63, 3.8) is 0 Å². The van der Waals surface area contributed by atoms with Crippen LogP contribution in [0.1, 0.15) is 97.3 Å². The van der Waals surface area contributed by atoms with Crippen LogP contribution in [0.5, 0.6) is 0 Å². The van der Waals surface area contributed by atoms with Crippen LogP contribution in [-0.2, 0) is 20.8 Å². The molecule has 8 unspecified atom stereocenters. The van der Waals surface area contributed by atoms with Gasteiger partial charge in [0.1, 0.15) is 0 Å². The van der Waals surface area contributed by atoms with E-state index in [-0.39, 0.29) is 14.9 Å². The van der Waals surface area contributed by atoms with Gasteiger partial charge in [-0.3, -0.25) is 4.90 Å². The van der Waals surface area contributed by atoms with Crippen LogP contribution in [0.4, 0.5) is 0 Å². The summed E-state index contributed by atoms with van der Waals surface area (Å²) < 4.78 is 0. The number of halogens is 2. The topological polar surface area (TPSA) is 3.24 Å². The number of hydrogen-bond donors (Lipinski definition) is 0. The number of hydrogen-bond acceptors (Lipinski definition) is 1. The first-order valence-electron chi connectivity index (χ1n) is 14.2. The van der Waals surface area contributed by atoms with Gasteiger partial charge in [-0.05, 0) is 79.3 Å². The van der Waals surface area contributed by atoms with Crippen molar-refractivity contribution in [2.75, 3.05) is 6.54 Å². The molecular weight excluding hydrogens is 553 g/mol. The average Bonchev–Trinajstić information content (AvgIpc) is 3.48. The third-order valence-electron chi connectivity index (χ3n) is 11.0. The predicted molar refractivity (Wildman–Crippen MR) is 153 cm³/mol. The number of likely N-dealkylation sites (tertiary alicyclic amines) is 1. The quantitative estimate of drug-likeness (QED) is 0.222. The summed E-state index contributed by atoms with van der Waals surface area (Å²) in [7, 11) is 8.65. The Morgan fingerprint density at radius 1 is 0.853 bits per heavy atom. The maximum atomic E-state index is 4.93. The first-order valence-corrected chi connectivity index (χ1v) is 23.7. The number of nitrogens with zero attached hydrogens (tertiary/aromatic N) is 1. The Morgan fingerprint density at radius 3 is 2.06 bits per heavy atom. The molecule has 0 aromatic carbocycles. The predicted octanol–water partition coefficient (Wildman–Crippen LogP) is 10.0. The molecule has 0 bridgehead atoms. The Bertz CT molecular complexity index is 599. The fraction of sp³-hybridized carbons (Fsp3) is 0.931. The molecule has 0 spiro atoms. The van der Waals surface area contributed by atoms with E-state index in [1.165, 1.54) is 38.6 Å². The molecule has 0 amide bonds. The van der Waals surface area contributed by atoms with E-state index in [2.05, 4.69) is 31.8 Å². The minimum atomic E-state index is -1.22. The monoisotopic (exact) mass is 605 g/mol. The van der Waals surface area contributed by atoms with E-state index in [4.69, 9.17) is 17.0 Å². The molecule has 198 valence electrons. The molecule has 1 nitrogen and oxygen atoms in total. The molecule has 5 aliphatic rings. The second-order valence-corrected chi connectivity index (χ2v) is 21.7. The summed E-state index contributed by atoms with van der Waals surface area (Å²) in [5.74, 6) is 5.33. The zero-order valence-electron chi connectivity index (χ0n) is 23.3. The average molecular weight is 608 g/mol. The maximum absolute atomic E-state index is 4.93. The van der Waals surface area contributed by atoms with Gasteiger partial charge in [-0.25, -0.2) is 0 Å². The normalized spacial score (nSPS) is 39.5. The summed E-state index contributed by atoms with van der Waals surface area (Å²) in [6, 6.07) is 1.96. The van der Waals surface area contributed by atoms with Gasteiger partial charge in [-0.15, -0.1) is 0 Å². The fourth-order valence-corrected chi connectivity index (χ4v) is 15.3. The number of unbranched alkanes of at least 4 members (excludes halogenated alkanes) is 1. The summed E-state index contributed by atoms with van der Waals surface area (Å²) in [4.78, 5) is 3.19. The van der Waals surface area contributed by atoms with Crippen molar-refractivity contribution >= 4 is 25.1 Å². The van der Waals surface area contributed by atoms with Gasteiger partial charge < -0.3 is 14.9 Å². The number of fused-ring (bicyclic) bond motifs is 5. The molecule has 4 aliphatic carbocycles. The van der Waals surface area contributed by atoms with Crippen molar-refractivity contribution in [1.29, 1.82) is 0 Å². The fourth-order valence-electron chi connectivity index (χ4n) is 9.93. The van der Waals surface area contributed by atoms with E-state index in [1.54, 1.807) is 51.4 Å². The van der Waals surface area contributed by atoms with Crippen LogP contribution in [0.15, 0.2) is 0 Å². The molecule has 1 heterocycles. The van der Waals surface area contributed by atoms with Crippen molar-refractivity contribution in [2.24, 2.45) is 29.6 Å². The second-order valence-electron chi connectivity index (χ2n) is 12.8. The molecule has 5 rings (SSSR count). The Morgan fingerprint density at radius 2 is 1.44 bits per heavy atom.